The molecule has 0 spiro atoms. The van der Waals surface area contributed by atoms with Gasteiger partial charge in [-0.05, 0) is 30.9 Å². The molecule has 2 rings (SSSR count). The Kier molecular flexibility index (Phi) is 3.11. The number of carbonyl (C=O) groups excluding carboxylic acids is 1. The van der Waals surface area contributed by atoms with Crippen LogP contribution >= 0.6 is 11.6 Å². The van der Waals surface area contributed by atoms with E-state index in [2.05, 4.69) is 0 Å². The van der Waals surface area contributed by atoms with E-state index < -0.39 is 0 Å². The molecule has 1 aliphatic rings. The van der Waals surface area contributed by atoms with Gasteiger partial charge in [-0.25, -0.2) is 0 Å². The topological polar surface area (TPSA) is 17.1 Å². The van der Waals surface area contributed by atoms with E-state index in [1.165, 1.54) is 12.8 Å². The minimum atomic E-state index is 0.238. The maximum absolute atomic E-state index is 11.9. The third-order valence-electron chi connectivity index (χ3n) is 3.04. The minimum Gasteiger partial charge on any atom is -0.294 e. The van der Waals surface area contributed by atoms with Crippen LogP contribution < -0.4 is 0 Å². The fraction of sp³-hybridized carbons (Fsp3) is 0.462. The molecule has 0 saturated heterocycles. The van der Waals surface area contributed by atoms with Crippen LogP contribution in [0.5, 0.6) is 0 Å². The molecular weight excluding hydrogens is 208 g/mol. The lowest BCUT2D eigenvalue weighted by Crippen LogP contribution is -2.02. The largest absolute Gasteiger partial charge is 0.294 e. The van der Waals surface area contributed by atoms with Crippen molar-refractivity contribution in [1.82, 2.24) is 0 Å². The van der Waals surface area contributed by atoms with Crippen LogP contribution in [0.3, 0.4) is 0 Å². The number of Topliss-reactive ketones (excluding diaryl/α,β-unsaturated/α-hetero) is 1. The van der Waals surface area contributed by atoms with Crippen LogP contribution in [-0.2, 0) is 0 Å². The highest BCUT2D eigenvalue weighted by Gasteiger charge is 2.22. The van der Waals surface area contributed by atoms with Gasteiger partial charge in [0.1, 0.15) is 0 Å². The molecule has 1 aliphatic carbocycles. The van der Waals surface area contributed by atoms with Gasteiger partial charge in [-0.15, -0.1) is 0 Å². The van der Waals surface area contributed by atoms with Crippen molar-refractivity contribution in [2.75, 3.05) is 0 Å². The molecule has 2 heteroatoms. The van der Waals surface area contributed by atoms with Gasteiger partial charge in [-0.2, -0.15) is 0 Å². The molecule has 80 valence electrons. The van der Waals surface area contributed by atoms with E-state index in [4.69, 9.17) is 11.6 Å². The van der Waals surface area contributed by atoms with Crippen molar-refractivity contribution in [3.05, 3.63) is 34.3 Å². The molecule has 0 unspecified atom stereocenters. The van der Waals surface area contributed by atoms with E-state index in [0.29, 0.717) is 11.4 Å². The van der Waals surface area contributed by atoms with E-state index in [1.807, 2.05) is 25.1 Å². The van der Waals surface area contributed by atoms with Gasteiger partial charge in [0.25, 0.3) is 0 Å². The quantitative estimate of drug-likeness (QED) is 0.704. The van der Waals surface area contributed by atoms with Crippen molar-refractivity contribution in [2.45, 2.75) is 32.6 Å². The summed E-state index contributed by atoms with van der Waals surface area (Å²) in [6.45, 7) is 1.91. The second-order valence-corrected chi connectivity index (χ2v) is 4.72. The first-order valence-electron chi connectivity index (χ1n) is 5.47. The average Bonchev–Trinajstić information content (AvgIpc) is 3.02. The summed E-state index contributed by atoms with van der Waals surface area (Å²) >= 11 is 5.98. The van der Waals surface area contributed by atoms with Crippen LogP contribution in [0.15, 0.2) is 18.2 Å². The summed E-state index contributed by atoms with van der Waals surface area (Å²) in [4.78, 5) is 11.9. The Morgan fingerprint density at radius 1 is 1.47 bits per heavy atom. The smallest absolute Gasteiger partial charge is 0.163 e. The van der Waals surface area contributed by atoms with Crippen LogP contribution in [0.2, 0.25) is 5.02 Å². The summed E-state index contributed by atoms with van der Waals surface area (Å²) < 4.78 is 0. The van der Waals surface area contributed by atoms with Crippen LogP contribution in [0.4, 0.5) is 0 Å². The number of halogens is 1. The van der Waals surface area contributed by atoms with E-state index in [9.17, 15) is 4.79 Å². The van der Waals surface area contributed by atoms with E-state index >= 15 is 0 Å². The zero-order valence-corrected chi connectivity index (χ0v) is 9.68. The van der Waals surface area contributed by atoms with Gasteiger partial charge in [-0.1, -0.05) is 36.6 Å². The Bertz CT molecular complexity index is 380. The van der Waals surface area contributed by atoms with Gasteiger partial charge >= 0.3 is 0 Å². The fourth-order valence-electron chi connectivity index (χ4n) is 1.79. The van der Waals surface area contributed by atoms with Crippen molar-refractivity contribution in [3.8, 4) is 0 Å². The first-order chi connectivity index (χ1) is 7.18. The molecular formula is C13H15ClO. The molecule has 0 amide bonds. The summed E-state index contributed by atoms with van der Waals surface area (Å²) in [7, 11) is 0. The van der Waals surface area contributed by atoms with E-state index in [0.717, 1.165) is 23.5 Å². The Labute approximate surface area is 95.4 Å². The van der Waals surface area contributed by atoms with Gasteiger partial charge in [0.05, 0.1) is 0 Å². The van der Waals surface area contributed by atoms with Crippen molar-refractivity contribution < 1.29 is 4.79 Å². The highest BCUT2D eigenvalue weighted by atomic mass is 35.5. The predicted octanol–water partition coefficient (Wildman–Crippen LogP) is 4.02. The maximum Gasteiger partial charge on any atom is 0.163 e. The van der Waals surface area contributed by atoms with Crippen LogP contribution in [0.1, 0.15) is 41.6 Å². The minimum absolute atomic E-state index is 0.238. The number of carbonyl (C=O) groups is 1. The molecule has 0 heterocycles. The van der Waals surface area contributed by atoms with E-state index in [-0.39, 0.29) is 5.78 Å². The Morgan fingerprint density at radius 2 is 2.20 bits per heavy atom. The van der Waals surface area contributed by atoms with Crippen LogP contribution in [0, 0.1) is 12.8 Å². The lowest BCUT2D eigenvalue weighted by molar-refractivity contribution is 0.0977. The summed E-state index contributed by atoms with van der Waals surface area (Å²) in [5.74, 6) is 1.05. The number of hydrogen-bond acceptors (Lipinski definition) is 1. The molecule has 15 heavy (non-hydrogen) atoms. The molecule has 1 aromatic rings. The second-order valence-electron chi connectivity index (χ2n) is 4.32. The Hall–Kier alpha value is -0.820. The molecule has 0 atom stereocenters. The maximum atomic E-state index is 11.9. The zero-order valence-electron chi connectivity index (χ0n) is 8.92. The average molecular weight is 223 g/mol. The van der Waals surface area contributed by atoms with Gasteiger partial charge < -0.3 is 0 Å². The Morgan fingerprint density at radius 3 is 2.87 bits per heavy atom. The molecule has 1 nitrogen and oxygen atoms in total. The summed E-state index contributed by atoms with van der Waals surface area (Å²) in [5.41, 5.74) is 1.71. The standard InChI is InChI=1S/C13H15ClO/c1-9-11(3-2-4-12(9)14)13(15)8-7-10-5-6-10/h2-4,10H,5-8H2,1H3. The molecule has 0 aromatic heterocycles. The zero-order chi connectivity index (χ0) is 10.8. The first-order valence-corrected chi connectivity index (χ1v) is 5.84. The number of ketones is 1. The third kappa shape index (κ3) is 2.60. The van der Waals surface area contributed by atoms with Crippen LogP contribution in [0.25, 0.3) is 0 Å². The SMILES string of the molecule is Cc1c(Cl)cccc1C(=O)CCC1CC1. The van der Waals surface area contributed by atoms with Crippen molar-refractivity contribution >= 4 is 17.4 Å². The first kappa shape index (κ1) is 10.7. The highest BCUT2D eigenvalue weighted by Crippen LogP contribution is 2.34. The summed E-state index contributed by atoms with van der Waals surface area (Å²) in [5, 5.41) is 0.687. The monoisotopic (exact) mass is 222 g/mol. The molecule has 1 fully saturated rings. The molecule has 0 N–H and O–H groups in total. The Balaban J connectivity index is 2.06. The van der Waals surface area contributed by atoms with Gasteiger partial charge in [-0.3, -0.25) is 4.79 Å². The molecule has 0 bridgehead atoms. The van der Waals surface area contributed by atoms with Crippen molar-refractivity contribution in [1.29, 1.82) is 0 Å². The second kappa shape index (κ2) is 4.36. The number of benzene rings is 1. The number of hydrogen-bond donors (Lipinski definition) is 0. The molecule has 0 radical (unpaired) electrons. The summed E-state index contributed by atoms with van der Waals surface area (Å²) in [6.07, 6.45) is 4.33. The summed E-state index contributed by atoms with van der Waals surface area (Å²) in [6, 6.07) is 5.55. The van der Waals surface area contributed by atoms with Crippen molar-refractivity contribution in [2.24, 2.45) is 5.92 Å². The number of rotatable bonds is 4. The van der Waals surface area contributed by atoms with E-state index in [1.54, 1.807) is 0 Å². The molecule has 1 aromatic carbocycles. The highest BCUT2D eigenvalue weighted by molar-refractivity contribution is 6.31. The normalized spacial score (nSPS) is 15.3. The lowest BCUT2D eigenvalue weighted by Gasteiger charge is -2.05. The fourth-order valence-corrected chi connectivity index (χ4v) is 1.96. The predicted molar refractivity (Wildman–Crippen MR) is 62.5 cm³/mol. The van der Waals surface area contributed by atoms with Gasteiger partial charge in [0, 0.05) is 17.0 Å². The van der Waals surface area contributed by atoms with Crippen LogP contribution in [-0.4, -0.2) is 5.78 Å². The molecule has 1 saturated carbocycles. The van der Waals surface area contributed by atoms with Gasteiger partial charge in [0.15, 0.2) is 5.78 Å². The third-order valence-corrected chi connectivity index (χ3v) is 3.45. The lowest BCUT2D eigenvalue weighted by atomic mass is 10.0. The van der Waals surface area contributed by atoms with Crippen molar-refractivity contribution in [3.63, 3.8) is 0 Å². The van der Waals surface area contributed by atoms with Gasteiger partial charge in [0.2, 0.25) is 0 Å². The molecule has 0 aliphatic heterocycles.